The topological polar surface area (TPSA) is 65.3 Å². The van der Waals surface area contributed by atoms with Crippen molar-refractivity contribution in [1.82, 2.24) is 5.32 Å². The molecular weight excluding hydrogens is 190 g/mol. The van der Waals surface area contributed by atoms with Gasteiger partial charge < -0.3 is 10.7 Å². The lowest BCUT2D eigenvalue weighted by Crippen LogP contribution is -2.18. The summed E-state index contributed by atoms with van der Waals surface area (Å²) >= 11 is 0. The van der Waals surface area contributed by atoms with Gasteiger partial charge in [-0.15, -0.1) is 0 Å². The first-order valence-corrected chi connectivity index (χ1v) is 5.02. The van der Waals surface area contributed by atoms with Crippen LogP contribution in [0.15, 0.2) is 16.3 Å². The first-order valence-electron chi connectivity index (χ1n) is 5.02. The Bertz CT molecular complexity index is 342. The Labute approximate surface area is 90.0 Å². The molecule has 0 spiro atoms. The third-order valence-corrected chi connectivity index (χ3v) is 2.42. The molecule has 0 unspecified atom stereocenters. The van der Waals surface area contributed by atoms with Crippen molar-refractivity contribution in [2.24, 2.45) is 10.9 Å². The van der Waals surface area contributed by atoms with Crippen molar-refractivity contribution in [3.05, 3.63) is 11.3 Å². The number of hydrogen-bond donors (Lipinski definition) is 2. The van der Waals surface area contributed by atoms with Crippen LogP contribution in [0.4, 0.5) is 0 Å². The lowest BCUT2D eigenvalue weighted by molar-refractivity contribution is -0.117. The smallest absolute Gasteiger partial charge is 0.137 e. The van der Waals surface area contributed by atoms with Crippen LogP contribution in [0.2, 0.25) is 0 Å². The van der Waals surface area contributed by atoms with E-state index in [1.54, 1.807) is 14.0 Å². The van der Waals surface area contributed by atoms with Crippen molar-refractivity contribution in [1.29, 1.82) is 5.41 Å². The number of carbonyl (C=O) groups excluding carboxylic acids is 1. The molecule has 0 aromatic rings. The second kappa shape index (κ2) is 4.98. The Hall–Kier alpha value is -1.29. The van der Waals surface area contributed by atoms with Gasteiger partial charge in [-0.3, -0.25) is 9.79 Å². The SMILES string of the molecule is CNCC(=N)C=N/C(C)=C1\C[C@@H]1C(C)=O. The first-order chi connectivity index (χ1) is 7.06. The van der Waals surface area contributed by atoms with Crippen LogP contribution >= 0.6 is 0 Å². The van der Waals surface area contributed by atoms with Gasteiger partial charge in [0, 0.05) is 24.4 Å². The van der Waals surface area contributed by atoms with Crippen LogP contribution < -0.4 is 5.32 Å². The average Bonchev–Trinajstić information content (AvgIpc) is 2.94. The van der Waals surface area contributed by atoms with E-state index < -0.39 is 0 Å². The predicted molar refractivity (Wildman–Crippen MR) is 61.6 cm³/mol. The molecule has 15 heavy (non-hydrogen) atoms. The molecule has 82 valence electrons. The lowest BCUT2D eigenvalue weighted by atomic mass is 10.2. The molecule has 4 nitrogen and oxygen atoms in total. The van der Waals surface area contributed by atoms with Crippen molar-refractivity contribution in [3.8, 4) is 0 Å². The Morgan fingerprint density at radius 3 is 2.80 bits per heavy atom. The van der Waals surface area contributed by atoms with Crippen molar-refractivity contribution in [3.63, 3.8) is 0 Å². The number of nitrogens with zero attached hydrogens (tertiary/aromatic N) is 1. The minimum Gasteiger partial charge on any atom is -0.314 e. The molecular formula is C11H17N3O. The highest BCUT2D eigenvalue weighted by atomic mass is 16.1. The third kappa shape index (κ3) is 3.40. The molecule has 1 saturated carbocycles. The fourth-order valence-electron chi connectivity index (χ4n) is 1.44. The van der Waals surface area contributed by atoms with Crippen LogP contribution in [-0.4, -0.2) is 31.3 Å². The summed E-state index contributed by atoms with van der Waals surface area (Å²) < 4.78 is 0. The van der Waals surface area contributed by atoms with E-state index in [9.17, 15) is 4.79 Å². The molecule has 2 N–H and O–H groups in total. The van der Waals surface area contributed by atoms with Gasteiger partial charge in [0.2, 0.25) is 0 Å². The van der Waals surface area contributed by atoms with Gasteiger partial charge >= 0.3 is 0 Å². The minimum atomic E-state index is 0.0978. The summed E-state index contributed by atoms with van der Waals surface area (Å²) in [6.45, 7) is 4.02. The van der Waals surface area contributed by atoms with E-state index in [4.69, 9.17) is 5.41 Å². The molecule has 0 radical (unpaired) electrons. The van der Waals surface area contributed by atoms with Gasteiger partial charge in [0.1, 0.15) is 5.78 Å². The number of rotatable bonds is 5. The van der Waals surface area contributed by atoms with Gasteiger partial charge in [-0.05, 0) is 32.9 Å². The van der Waals surface area contributed by atoms with E-state index in [2.05, 4.69) is 10.3 Å². The van der Waals surface area contributed by atoms with Gasteiger partial charge in [-0.25, -0.2) is 0 Å². The number of Topliss-reactive ketones (excluding diaryl/α,β-unsaturated/α-hetero) is 1. The molecule has 1 fully saturated rings. The van der Waals surface area contributed by atoms with E-state index >= 15 is 0 Å². The number of nitrogens with one attached hydrogen (secondary N) is 2. The average molecular weight is 207 g/mol. The van der Waals surface area contributed by atoms with Gasteiger partial charge in [0.25, 0.3) is 0 Å². The van der Waals surface area contributed by atoms with E-state index in [1.165, 1.54) is 6.21 Å². The molecule has 0 aliphatic heterocycles. The number of carbonyl (C=O) groups is 1. The fraction of sp³-hybridized carbons (Fsp3) is 0.545. The van der Waals surface area contributed by atoms with Crippen molar-refractivity contribution >= 4 is 17.7 Å². The maximum atomic E-state index is 11.0. The van der Waals surface area contributed by atoms with Gasteiger partial charge in [-0.1, -0.05) is 0 Å². The van der Waals surface area contributed by atoms with Crippen LogP contribution in [0.25, 0.3) is 0 Å². The number of ketones is 1. The van der Waals surface area contributed by atoms with E-state index in [1.807, 2.05) is 6.92 Å². The van der Waals surface area contributed by atoms with Crippen LogP contribution in [0.3, 0.4) is 0 Å². The zero-order chi connectivity index (χ0) is 11.4. The number of aliphatic imine (C=N–C) groups is 1. The van der Waals surface area contributed by atoms with Gasteiger partial charge in [0.15, 0.2) is 0 Å². The molecule has 4 heteroatoms. The summed E-state index contributed by atoms with van der Waals surface area (Å²) in [4.78, 5) is 15.2. The molecule has 0 aromatic carbocycles. The minimum absolute atomic E-state index is 0.0978. The van der Waals surface area contributed by atoms with E-state index in [-0.39, 0.29) is 11.7 Å². The predicted octanol–water partition coefficient (Wildman–Crippen LogP) is 1.18. The summed E-state index contributed by atoms with van der Waals surface area (Å²) in [7, 11) is 1.79. The molecule has 0 heterocycles. The first kappa shape index (κ1) is 11.8. The van der Waals surface area contributed by atoms with Crippen LogP contribution in [-0.2, 0) is 4.79 Å². The van der Waals surface area contributed by atoms with Gasteiger partial charge in [-0.2, -0.15) is 0 Å². The molecule has 1 rings (SSSR count). The Kier molecular flexibility index (Phi) is 3.91. The zero-order valence-corrected chi connectivity index (χ0v) is 9.42. The highest BCUT2D eigenvalue weighted by molar-refractivity contribution is 6.30. The molecule has 0 aromatic heterocycles. The highest BCUT2D eigenvalue weighted by Gasteiger charge is 2.35. The van der Waals surface area contributed by atoms with Crippen LogP contribution in [0, 0.1) is 11.3 Å². The molecule has 1 aliphatic carbocycles. The summed E-state index contributed by atoms with van der Waals surface area (Å²) in [5, 5.41) is 10.4. The van der Waals surface area contributed by atoms with Crippen LogP contribution in [0.5, 0.6) is 0 Å². The van der Waals surface area contributed by atoms with Crippen molar-refractivity contribution in [2.75, 3.05) is 13.6 Å². The lowest BCUT2D eigenvalue weighted by Gasteiger charge is -1.95. The molecule has 1 aliphatic rings. The number of hydrogen-bond acceptors (Lipinski definition) is 4. The summed E-state index contributed by atoms with van der Waals surface area (Å²) in [5.41, 5.74) is 2.45. The molecule has 1 atom stereocenters. The summed E-state index contributed by atoms with van der Waals surface area (Å²) in [6.07, 6.45) is 2.38. The van der Waals surface area contributed by atoms with Gasteiger partial charge in [0.05, 0.1) is 5.71 Å². The maximum absolute atomic E-state index is 11.0. The summed E-state index contributed by atoms with van der Waals surface area (Å²) in [5.74, 6) is 0.311. The maximum Gasteiger partial charge on any atom is 0.137 e. The quantitative estimate of drug-likeness (QED) is 0.665. The van der Waals surface area contributed by atoms with Crippen molar-refractivity contribution < 1.29 is 4.79 Å². The van der Waals surface area contributed by atoms with Crippen LogP contribution in [0.1, 0.15) is 20.3 Å². The second-order valence-corrected chi connectivity index (χ2v) is 3.79. The van der Waals surface area contributed by atoms with Crippen molar-refractivity contribution in [2.45, 2.75) is 20.3 Å². The van der Waals surface area contributed by atoms with E-state index in [0.29, 0.717) is 12.3 Å². The third-order valence-electron chi connectivity index (χ3n) is 2.42. The Balaban J connectivity index is 2.53. The van der Waals surface area contributed by atoms with E-state index in [0.717, 1.165) is 17.7 Å². The standard InChI is InChI=1S/C11H17N3O/c1-7(10-4-11(10)8(2)15)14-6-9(12)5-13-3/h6,11-13H,4-5H2,1-3H3/b10-7+,12-9?,14-6?/t11-/m1/s1. The number of allylic oxidation sites excluding steroid dienone is 2. The Morgan fingerprint density at radius 1 is 1.67 bits per heavy atom. The zero-order valence-electron chi connectivity index (χ0n) is 9.42. The second-order valence-electron chi connectivity index (χ2n) is 3.79. The molecule has 0 amide bonds. The largest absolute Gasteiger partial charge is 0.314 e. The summed E-state index contributed by atoms with van der Waals surface area (Å²) in [6, 6.07) is 0. The Morgan fingerprint density at radius 2 is 2.33 bits per heavy atom. The molecule has 0 bridgehead atoms. The monoisotopic (exact) mass is 207 g/mol. The highest BCUT2D eigenvalue weighted by Crippen LogP contribution is 2.40. The fourth-order valence-corrected chi connectivity index (χ4v) is 1.44. The molecule has 0 saturated heterocycles. The normalized spacial score (nSPS) is 23.0.